The minimum Gasteiger partial charge on any atom is -0.308 e. The highest BCUT2D eigenvalue weighted by Crippen LogP contribution is 2.58. The van der Waals surface area contributed by atoms with Crippen molar-refractivity contribution in [3.63, 3.8) is 0 Å². The average molecular weight is 614 g/mol. The molecule has 3 heterocycles. The van der Waals surface area contributed by atoms with E-state index in [4.69, 9.17) is 15.0 Å². The van der Waals surface area contributed by atoms with Crippen molar-refractivity contribution < 1.29 is 0 Å². The SMILES string of the molecule is CC1(C)c2cc(C#N)cc3c2-c2c1ccc1c4c(-c5nc(-c6ccccc6)nc(-c6ccccc6)n5)cccc4n(c21)-c1ccccc1-3. The predicted molar refractivity (Wildman–Crippen MR) is 192 cm³/mol. The Kier molecular flexibility index (Phi) is 5.34. The number of nitriles is 1. The van der Waals surface area contributed by atoms with Crippen molar-refractivity contribution >= 4 is 21.8 Å². The number of hydrogen-bond acceptors (Lipinski definition) is 4. The van der Waals surface area contributed by atoms with Crippen LogP contribution in [0.5, 0.6) is 0 Å². The molecule has 0 atom stereocenters. The van der Waals surface area contributed by atoms with Crippen LogP contribution in [0.1, 0.15) is 30.5 Å². The molecular weight excluding hydrogens is 587 g/mol. The molecule has 10 rings (SSSR count). The molecule has 0 amide bonds. The Labute approximate surface area is 277 Å². The molecule has 2 aliphatic rings. The maximum atomic E-state index is 10.1. The van der Waals surface area contributed by atoms with Crippen molar-refractivity contribution in [1.82, 2.24) is 19.5 Å². The fourth-order valence-electron chi connectivity index (χ4n) is 8.02. The zero-order valence-electron chi connectivity index (χ0n) is 26.4. The monoisotopic (exact) mass is 613 g/mol. The second-order valence-corrected chi connectivity index (χ2v) is 13.2. The molecule has 0 radical (unpaired) electrons. The molecule has 0 unspecified atom stereocenters. The van der Waals surface area contributed by atoms with Crippen LogP contribution < -0.4 is 0 Å². The number of benzene rings is 6. The van der Waals surface area contributed by atoms with Gasteiger partial charge in [-0.25, -0.2) is 15.0 Å². The van der Waals surface area contributed by atoms with E-state index < -0.39 is 0 Å². The predicted octanol–water partition coefficient (Wildman–Crippen LogP) is 10.1. The smallest absolute Gasteiger partial charge is 0.164 e. The third-order valence-corrected chi connectivity index (χ3v) is 10.2. The van der Waals surface area contributed by atoms with Gasteiger partial charge in [-0.15, -0.1) is 0 Å². The summed E-state index contributed by atoms with van der Waals surface area (Å²) < 4.78 is 2.43. The quantitative estimate of drug-likeness (QED) is 0.199. The number of aromatic nitrogens is 4. The summed E-state index contributed by atoms with van der Waals surface area (Å²) in [5, 5.41) is 12.4. The average Bonchev–Trinajstić information content (AvgIpc) is 3.55. The van der Waals surface area contributed by atoms with Crippen molar-refractivity contribution in [3.05, 3.63) is 144 Å². The van der Waals surface area contributed by atoms with E-state index in [1.165, 1.54) is 27.8 Å². The number of hydrogen-bond donors (Lipinski definition) is 0. The van der Waals surface area contributed by atoms with Gasteiger partial charge in [0.05, 0.1) is 28.4 Å². The van der Waals surface area contributed by atoms with Crippen LogP contribution >= 0.6 is 0 Å². The normalized spacial score (nSPS) is 13.4. The highest BCUT2D eigenvalue weighted by atomic mass is 15.0. The maximum absolute atomic E-state index is 10.1. The lowest BCUT2D eigenvalue weighted by Crippen LogP contribution is -2.15. The van der Waals surface area contributed by atoms with Crippen LogP contribution in [0.2, 0.25) is 0 Å². The Morgan fingerprint density at radius 2 is 1.23 bits per heavy atom. The third kappa shape index (κ3) is 3.52. The molecule has 0 saturated heterocycles. The lowest BCUT2D eigenvalue weighted by molar-refractivity contribution is 0.660. The van der Waals surface area contributed by atoms with E-state index in [0.29, 0.717) is 23.0 Å². The van der Waals surface area contributed by atoms with Crippen LogP contribution in [0.15, 0.2) is 127 Å². The van der Waals surface area contributed by atoms with Crippen molar-refractivity contribution in [1.29, 1.82) is 5.26 Å². The standard InChI is InChI=1S/C43H27N5/c1-43(2)32-21-20-29-36-30(42-46-40(26-12-5-3-6-13-26)45-41(47-42)27-14-7-4-8-15-27)17-11-19-35(36)48-34-18-10-9-16-28(34)31-22-25(24-44)23-33(43)37(31)38(32)39(29)48/h3-23H,1-2H3. The second-order valence-electron chi connectivity index (χ2n) is 13.2. The van der Waals surface area contributed by atoms with Gasteiger partial charge in [0.15, 0.2) is 17.5 Å². The van der Waals surface area contributed by atoms with Gasteiger partial charge in [-0.2, -0.15) is 5.26 Å². The summed E-state index contributed by atoms with van der Waals surface area (Å²) in [6.07, 6.45) is 0. The molecule has 8 aromatic rings. The Hall–Kier alpha value is -6.38. The minimum atomic E-state index is -0.264. The summed E-state index contributed by atoms with van der Waals surface area (Å²) in [7, 11) is 0. The van der Waals surface area contributed by atoms with E-state index in [-0.39, 0.29) is 5.41 Å². The fraction of sp³-hybridized carbons (Fsp3) is 0.0698. The summed E-state index contributed by atoms with van der Waals surface area (Å²) in [4.78, 5) is 15.2. The van der Waals surface area contributed by atoms with E-state index in [1.807, 2.05) is 60.7 Å². The van der Waals surface area contributed by atoms with Crippen molar-refractivity contribution in [2.24, 2.45) is 0 Å². The summed E-state index contributed by atoms with van der Waals surface area (Å²) in [6.45, 7) is 4.56. The molecule has 0 fully saturated rings. The van der Waals surface area contributed by atoms with Gasteiger partial charge in [-0.05, 0) is 46.5 Å². The van der Waals surface area contributed by atoms with Crippen LogP contribution in [0.4, 0.5) is 0 Å². The summed E-state index contributed by atoms with van der Waals surface area (Å²) in [5.74, 6) is 1.92. The number of rotatable bonds is 3. The molecule has 2 aromatic heterocycles. The molecule has 5 nitrogen and oxygen atoms in total. The highest BCUT2D eigenvalue weighted by molar-refractivity contribution is 6.22. The van der Waals surface area contributed by atoms with E-state index in [2.05, 4.69) is 91.2 Å². The van der Waals surface area contributed by atoms with Gasteiger partial charge in [0, 0.05) is 44.0 Å². The third-order valence-electron chi connectivity index (χ3n) is 10.2. The molecule has 1 aliphatic carbocycles. The molecular formula is C43H27N5. The largest absolute Gasteiger partial charge is 0.308 e. The topological polar surface area (TPSA) is 67.4 Å². The second kappa shape index (κ2) is 9.57. The van der Waals surface area contributed by atoms with Crippen LogP contribution in [-0.4, -0.2) is 19.5 Å². The lowest BCUT2D eigenvalue weighted by atomic mass is 9.81. The first-order chi connectivity index (χ1) is 23.5. The van der Waals surface area contributed by atoms with E-state index >= 15 is 0 Å². The van der Waals surface area contributed by atoms with Gasteiger partial charge in [0.2, 0.25) is 0 Å². The first-order valence-corrected chi connectivity index (χ1v) is 16.2. The minimum absolute atomic E-state index is 0.264. The number of nitrogens with zero attached hydrogens (tertiary/aromatic N) is 5. The van der Waals surface area contributed by atoms with Crippen LogP contribution in [0, 0.1) is 11.3 Å². The van der Waals surface area contributed by atoms with Gasteiger partial charge in [-0.1, -0.05) is 117 Å². The Morgan fingerprint density at radius 1 is 0.583 bits per heavy atom. The molecule has 6 aromatic carbocycles. The van der Waals surface area contributed by atoms with Crippen LogP contribution in [0.3, 0.4) is 0 Å². The fourth-order valence-corrected chi connectivity index (χ4v) is 8.02. The van der Waals surface area contributed by atoms with Crippen molar-refractivity contribution in [2.45, 2.75) is 19.3 Å². The molecule has 0 N–H and O–H groups in total. The Balaban J connectivity index is 1.35. The Morgan fingerprint density at radius 3 is 1.94 bits per heavy atom. The van der Waals surface area contributed by atoms with Crippen molar-refractivity contribution in [3.8, 4) is 68.2 Å². The van der Waals surface area contributed by atoms with E-state index in [0.717, 1.165) is 49.8 Å². The van der Waals surface area contributed by atoms with E-state index in [1.54, 1.807) is 0 Å². The lowest BCUT2D eigenvalue weighted by Gasteiger charge is -2.23. The molecule has 1 aliphatic heterocycles. The van der Waals surface area contributed by atoms with Gasteiger partial charge < -0.3 is 4.57 Å². The number of fused-ring (bicyclic) bond motifs is 6. The molecule has 5 heteroatoms. The Bertz CT molecular complexity index is 2640. The van der Waals surface area contributed by atoms with Crippen LogP contribution in [-0.2, 0) is 5.41 Å². The molecule has 0 bridgehead atoms. The maximum Gasteiger partial charge on any atom is 0.164 e. The van der Waals surface area contributed by atoms with Gasteiger partial charge >= 0.3 is 0 Å². The van der Waals surface area contributed by atoms with Gasteiger partial charge in [0.25, 0.3) is 0 Å². The molecule has 48 heavy (non-hydrogen) atoms. The van der Waals surface area contributed by atoms with E-state index in [9.17, 15) is 5.26 Å². The first kappa shape index (κ1) is 26.8. The molecule has 0 spiro atoms. The first-order valence-electron chi connectivity index (χ1n) is 16.2. The summed E-state index contributed by atoms with van der Waals surface area (Å²) in [6, 6.07) is 46.5. The van der Waals surface area contributed by atoms with Crippen LogP contribution in [0.25, 0.3) is 83.9 Å². The van der Waals surface area contributed by atoms with Crippen molar-refractivity contribution in [2.75, 3.05) is 0 Å². The summed E-state index contributed by atoms with van der Waals surface area (Å²) >= 11 is 0. The highest BCUT2D eigenvalue weighted by Gasteiger charge is 2.41. The number of para-hydroxylation sites is 1. The van der Waals surface area contributed by atoms with Gasteiger partial charge in [0.1, 0.15) is 0 Å². The summed E-state index contributed by atoms with van der Waals surface area (Å²) in [5.41, 5.74) is 13.8. The van der Waals surface area contributed by atoms with Gasteiger partial charge in [-0.3, -0.25) is 0 Å². The zero-order chi connectivity index (χ0) is 32.1. The molecule has 0 saturated carbocycles. The zero-order valence-corrected chi connectivity index (χ0v) is 26.4. The molecule has 224 valence electrons.